The molecule has 0 unspecified atom stereocenters. The highest BCUT2D eigenvalue weighted by Gasteiger charge is 2.35. The van der Waals surface area contributed by atoms with Crippen LogP contribution in [-0.4, -0.2) is 35.8 Å². The van der Waals surface area contributed by atoms with E-state index in [1.54, 1.807) is 77.1 Å². The second kappa shape index (κ2) is 13.2. The second-order valence-electron chi connectivity index (χ2n) is 10.8. The van der Waals surface area contributed by atoms with Crippen LogP contribution in [0, 0.1) is 0 Å². The number of furan rings is 1. The van der Waals surface area contributed by atoms with Gasteiger partial charge in [-0.25, -0.2) is 14.6 Å². The lowest BCUT2D eigenvalue weighted by molar-refractivity contribution is -0.143. The van der Waals surface area contributed by atoms with Crippen LogP contribution in [0.1, 0.15) is 62.3 Å². The Kier molecular flexibility index (Phi) is 9.52. The highest BCUT2D eigenvalue weighted by Crippen LogP contribution is 2.37. The number of thiazole rings is 1. The normalized spacial score (nSPS) is 14.9. The summed E-state index contributed by atoms with van der Waals surface area (Å²) in [6.07, 6.45) is 0.911. The number of benzene rings is 2. The van der Waals surface area contributed by atoms with Gasteiger partial charge in [-0.05, 0) is 83.1 Å². The summed E-state index contributed by atoms with van der Waals surface area (Å²) < 4.78 is 25.3. The minimum absolute atomic E-state index is 0.237. The van der Waals surface area contributed by atoms with Crippen molar-refractivity contribution >= 4 is 56.9 Å². The first kappa shape index (κ1) is 32.5. The molecule has 2 aromatic heterocycles. The van der Waals surface area contributed by atoms with Crippen LogP contribution >= 0.6 is 38.9 Å². The van der Waals surface area contributed by atoms with Gasteiger partial charge in [0.25, 0.3) is 5.56 Å². The van der Waals surface area contributed by atoms with Crippen LogP contribution in [-0.2, 0) is 14.3 Å². The minimum Gasteiger partial charge on any atom is -0.496 e. The van der Waals surface area contributed by atoms with E-state index in [9.17, 15) is 14.4 Å². The summed E-state index contributed by atoms with van der Waals surface area (Å²) in [5.74, 6) is 0.152. The maximum atomic E-state index is 14.1. The molecule has 0 bridgehead atoms. The zero-order valence-corrected chi connectivity index (χ0v) is 28.5. The minimum atomic E-state index is -0.866. The van der Waals surface area contributed by atoms with Crippen molar-refractivity contribution in [1.82, 2.24) is 4.57 Å². The van der Waals surface area contributed by atoms with Gasteiger partial charge in [0.05, 0.1) is 40.7 Å². The van der Waals surface area contributed by atoms with E-state index in [0.29, 0.717) is 54.0 Å². The highest BCUT2D eigenvalue weighted by molar-refractivity contribution is 9.10. The molecule has 0 saturated heterocycles. The molecule has 234 valence electrons. The molecule has 0 spiro atoms. The van der Waals surface area contributed by atoms with Gasteiger partial charge in [0.15, 0.2) is 4.80 Å². The molecule has 5 rings (SSSR count). The monoisotopic (exact) mass is 712 g/mol. The Hall–Kier alpha value is -3.93. The number of allylic oxidation sites excluding steroid dienone is 1. The number of halogens is 2. The van der Waals surface area contributed by atoms with Crippen LogP contribution in [0.3, 0.4) is 0 Å². The fourth-order valence-electron chi connectivity index (χ4n) is 4.95. The summed E-state index contributed by atoms with van der Waals surface area (Å²) in [5.41, 5.74) is 1.64. The molecular formula is C33H30BrClN2O7S. The largest absolute Gasteiger partial charge is 0.496 e. The summed E-state index contributed by atoms with van der Waals surface area (Å²) >= 11 is 10.9. The molecule has 0 N–H and O–H groups in total. The van der Waals surface area contributed by atoms with Crippen molar-refractivity contribution in [1.29, 1.82) is 0 Å². The number of fused-ring (bicyclic) bond motifs is 1. The Balaban J connectivity index is 1.64. The number of carbonyl (C=O) groups is 2. The Morgan fingerprint density at radius 1 is 1.04 bits per heavy atom. The van der Waals surface area contributed by atoms with Crippen molar-refractivity contribution in [2.75, 3.05) is 7.11 Å². The lowest BCUT2D eigenvalue weighted by Crippen LogP contribution is -2.40. The third-order valence-electron chi connectivity index (χ3n) is 6.78. The van der Waals surface area contributed by atoms with Gasteiger partial charge in [-0.3, -0.25) is 9.36 Å². The van der Waals surface area contributed by atoms with Crippen LogP contribution < -0.4 is 19.6 Å². The second-order valence-corrected chi connectivity index (χ2v) is 13.1. The molecule has 0 aliphatic carbocycles. The summed E-state index contributed by atoms with van der Waals surface area (Å²) in [6.45, 7) is 8.77. The number of hydrogen-bond donors (Lipinski definition) is 0. The summed E-state index contributed by atoms with van der Waals surface area (Å²) in [5, 5.41) is 0.419. The number of nitrogens with zero attached hydrogens (tertiary/aromatic N) is 2. The summed E-state index contributed by atoms with van der Waals surface area (Å²) in [4.78, 5) is 45.3. The van der Waals surface area contributed by atoms with E-state index >= 15 is 0 Å². The molecule has 2 aromatic carbocycles. The maximum Gasteiger partial charge on any atom is 0.339 e. The average molecular weight is 714 g/mol. The third kappa shape index (κ3) is 6.70. The number of methoxy groups -OCH3 is 1. The van der Waals surface area contributed by atoms with E-state index in [0.717, 1.165) is 15.8 Å². The van der Waals surface area contributed by atoms with E-state index in [4.69, 9.17) is 30.2 Å². The quantitative estimate of drug-likeness (QED) is 0.194. The third-order valence-corrected chi connectivity index (χ3v) is 8.49. The number of esters is 2. The van der Waals surface area contributed by atoms with Gasteiger partial charge >= 0.3 is 11.9 Å². The molecule has 0 amide bonds. The van der Waals surface area contributed by atoms with Gasteiger partial charge in [-0.2, -0.15) is 0 Å². The molecule has 0 saturated carbocycles. The van der Waals surface area contributed by atoms with Crippen LogP contribution in [0.25, 0.3) is 17.4 Å². The summed E-state index contributed by atoms with van der Waals surface area (Å²) in [6, 6.07) is 12.7. The standard InChI is InChI=1S/C33H30BrClN2O7S/c1-16(2)42-31(39)22-10-8-20(35)14-23(22)26-12-9-21(44-26)15-27-30(38)37-29(24-13-19(34)7-11-25(24)41-6)28(32(40)43-17(3)4)18(5)36-33(37)45-27/h7-17,29H,1-6H3/b27-15-/t29-/m1/s1. The topological polar surface area (TPSA) is 109 Å². The maximum absolute atomic E-state index is 14.1. The molecule has 9 nitrogen and oxygen atoms in total. The first-order valence-electron chi connectivity index (χ1n) is 14.1. The van der Waals surface area contributed by atoms with Crippen LogP contribution in [0.4, 0.5) is 0 Å². The van der Waals surface area contributed by atoms with Gasteiger partial charge in [0, 0.05) is 26.7 Å². The molecule has 45 heavy (non-hydrogen) atoms. The van der Waals surface area contributed by atoms with E-state index in [1.165, 1.54) is 11.7 Å². The molecule has 0 radical (unpaired) electrons. The van der Waals surface area contributed by atoms with Crippen molar-refractivity contribution in [2.45, 2.75) is 52.9 Å². The Labute approximate surface area is 276 Å². The van der Waals surface area contributed by atoms with Gasteiger partial charge < -0.3 is 18.6 Å². The van der Waals surface area contributed by atoms with E-state index in [1.807, 2.05) is 12.1 Å². The van der Waals surface area contributed by atoms with Crippen molar-refractivity contribution in [2.24, 2.45) is 4.99 Å². The number of aromatic nitrogens is 1. The zero-order chi connectivity index (χ0) is 32.6. The lowest BCUT2D eigenvalue weighted by Gasteiger charge is -2.26. The van der Waals surface area contributed by atoms with E-state index < -0.39 is 18.0 Å². The number of ether oxygens (including phenoxy) is 3. The zero-order valence-electron chi connectivity index (χ0n) is 25.3. The fourth-order valence-corrected chi connectivity index (χ4v) is 6.53. The van der Waals surface area contributed by atoms with Gasteiger partial charge in [0.2, 0.25) is 0 Å². The van der Waals surface area contributed by atoms with Crippen LogP contribution in [0.5, 0.6) is 5.75 Å². The van der Waals surface area contributed by atoms with Crippen molar-refractivity contribution in [3.8, 4) is 17.1 Å². The number of carbonyl (C=O) groups excluding carboxylic acids is 2. The SMILES string of the molecule is COc1ccc(Br)cc1[C@@H]1C(C(=O)OC(C)C)=C(C)N=c2s/c(=C\c3ccc(-c4cc(Cl)ccc4C(=O)OC(C)C)o3)c(=O)n21. The highest BCUT2D eigenvalue weighted by atomic mass is 79.9. The lowest BCUT2D eigenvalue weighted by atomic mass is 9.95. The molecule has 1 aliphatic rings. The Morgan fingerprint density at radius 2 is 1.76 bits per heavy atom. The number of hydrogen-bond acceptors (Lipinski definition) is 9. The predicted molar refractivity (Wildman–Crippen MR) is 175 cm³/mol. The van der Waals surface area contributed by atoms with Gasteiger partial charge in [0.1, 0.15) is 23.3 Å². The van der Waals surface area contributed by atoms with E-state index in [2.05, 4.69) is 20.9 Å². The molecule has 1 aliphatic heterocycles. The van der Waals surface area contributed by atoms with Gasteiger partial charge in [-0.15, -0.1) is 0 Å². The van der Waals surface area contributed by atoms with Crippen LogP contribution in [0.2, 0.25) is 5.02 Å². The first-order valence-corrected chi connectivity index (χ1v) is 16.0. The first-order chi connectivity index (χ1) is 21.4. The molecule has 0 fully saturated rings. The van der Waals surface area contributed by atoms with E-state index in [-0.39, 0.29) is 23.3 Å². The fraction of sp³-hybridized carbons (Fsp3) is 0.273. The average Bonchev–Trinajstić information content (AvgIpc) is 3.55. The summed E-state index contributed by atoms with van der Waals surface area (Å²) in [7, 11) is 1.53. The Morgan fingerprint density at radius 3 is 2.44 bits per heavy atom. The molecule has 12 heteroatoms. The molecule has 1 atom stereocenters. The Bertz CT molecular complexity index is 2020. The van der Waals surface area contributed by atoms with Crippen molar-refractivity contribution in [3.05, 3.63) is 106 Å². The predicted octanol–water partition coefficient (Wildman–Crippen LogP) is 6.44. The smallest absolute Gasteiger partial charge is 0.339 e. The number of rotatable bonds is 8. The van der Waals surface area contributed by atoms with Gasteiger partial charge in [-0.1, -0.05) is 38.9 Å². The van der Waals surface area contributed by atoms with Crippen LogP contribution in [0.15, 0.2) is 78.5 Å². The van der Waals surface area contributed by atoms with Crippen molar-refractivity contribution < 1.29 is 28.2 Å². The molecule has 3 heterocycles. The molecule has 4 aromatic rings. The van der Waals surface area contributed by atoms with Crippen molar-refractivity contribution in [3.63, 3.8) is 0 Å². The molecular weight excluding hydrogens is 684 g/mol.